The molecule has 5 nitrogen and oxygen atoms in total. The minimum absolute atomic E-state index is 0.185. The fourth-order valence-electron chi connectivity index (χ4n) is 3.02. The van der Waals surface area contributed by atoms with Crippen molar-refractivity contribution in [1.82, 2.24) is 4.90 Å². The van der Waals surface area contributed by atoms with Gasteiger partial charge in [-0.15, -0.1) is 0 Å². The lowest BCUT2D eigenvalue weighted by Crippen LogP contribution is -2.48. The van der Waals surface area contributed by atoms with Gasteiger partial charge in [0, 0.05) is 13.1 Å². The van der Waals surface area contributed by atoms with Gasteiger partial charge in [0.15, 0.2) is 0 Å². The van der Waals surface area contributed by atoms with Crippen molar-refractivity contribution in [3.05, 3.63) is 36.5 Å². The van der Waals surface area contributed by atoms with E-state index < -0.39 is 11.0 Å². The highest BCUT2D eigenvalue weighted by molar-refractivity contribution is 5.78. The van der Waals surface area contributed by atoms with Crippen molar-refractivity contribution in [3.63, 3.8) is 0 Å². The third-order valence-corrected chi connectivity index (χ3v) is 4.44. The first-order valence-corrected chi connectivity index (χ1v) is 9.27. The van der Waals surface area contributed by atoms with E-state index in [0.29, 0.717) is 39.0 Å². The maximum absolute atomic E-state index is 12.7. The zero-order chi connectivity index (χ0) is 19.8. The van der Waals surface area contributed by atoms with Gasteiger partial charge in [0.25, 0.3) is 0 Å². The molecule has 0 aromatic heterocycles. The smallest absolute Gasteiger partial charge is 0.410 e. The van der Waals surface area contributed by atoms with Gasteiger partial charge in [0.05, 0.1) is 12.0 Å². The normalized spacial score (nSPS) is 17.9. The summed E-state index contributed by atoms with van der Waals surface area (Å²) in [5, 5.41) is 0. The van der Waals surface area contributed by atoms with E-state index in [1.54, 1.807) is 11.0 Å². The Hall–Kier alpha value is -2.04. The number of rotatable bonds is 6. The predicted octanol–water partition coefficient (Wildman–Crippen LogP) is 4.65. The van der Waals surface area contributed by atoms with E-state index in [-0.39, 0.29) is 12.1 Å². The van der Waals surface area contributed by atoms with Crippen LogP contribution in [0.1, 0.15) is 53.9 Å². The fourth-order valence-corrected chi connectivity index (χ4v) is 3.02. The van der Waals surface area contributed by atoms with Crippen LogP contribution in [-0.2, 0) is 14.3 Å². The van der Waals surface area contributed by atoms with Gasteiger partial charge in [-0.25, -0.2) is 4.79 Å². The van der Waals surface area contributed by atoms with Crippen LogP contribution < -0.4 is 0 Å². The van der Waals surface area contributed by atoms with Gasteiger partial charge in [0.2, 0.25) is 0 Å². The molecule has 0 atom stereocenters. The second kappa shape index (κ2) is 9.60. The van der Waals surface area contributed by atoms with Crippen LogP contribution in [-0.4, -0.2) is 42.3 Å². The Kier molecular flexibility index (Phi) is 8.12. The van der Waals surface area contributed by atoms with Crippen LogP contribution in [0.5, 0.6) is 0 Å². The molecule has 1 heterocycles. The molecule has 1 aliphatic heterocycles. The van der Waals surface area contributed by atoms with Crippen molar-refractivity contribution in [3.8, 4) is 0 Å². The molecule has 1 aliphatic rings. The summed E-state index contributed by atoms with van der Waals surface area (Å²) in [6.07, 6.45) is 8.93. The number of carbonyl (C=O) groups excluding carboxylic acids is 2. The topological polar surface area (TPSA) is 55.8 Å². The van der Waals surface area contributed by atoms with Gasteiger partial charge < -0.3 is 14.4 Å². The molecule has 0 aliphatic carbocycles. The van der Waals surface area contributed by atoms with Crippen LogP contribution in [0, 0.1) is 5.41 Å². The number of nitrogens with zero attached hydrogens (tertiary/aromatic N) is 1. The molecule has 1 rings (SSSR count). The lowest BCUT2D eigenvalue weighted by Gasteiger charge is -2.40. The van der Waals surface area contributed by atoms with E-state index >= 15 is 0 Å². The first-order chi connectivity index (χ1) is 12.2. The number of piperidine rings is 1. The molecule has 0 bridgehead atoms. The van der Waals surface area contributed by atoms with Crippen LogP contribution in [0.3, 0.4) is 0 Å². The summed E-state index contributed by atoms with van der Waals surface area (Å²) in [5.74, 6) is -0.185. The number of allylic oxidation sites excluding steroid dienone is 5. The largest absolute Gasteiger partial charge is 0.466 e. The number of likely N-dealkylation sites (tertiary alicyclic amines) is 1. The number of hydrogen-bond acceptors (Lipinski definition) is 4. The number of amides is 1. The third-order valence-electron chi connectivity index (χ3n) is 4.44. The van der Waals surface area contributed by atoms with E-state index in [9.17, 15) is 9.59 Å². The van der Waals surface area contributed by atoms with Crippen molar-refractivity contribution < 1.29 is 19.1 Å². The Balaban J connectivity index is 2.91. The molecule has 1 fully saturated rings. The van der Waals surface area contributed by atoms with Gasteiger partial charge in [-0.1, -0.05) is 36.5 Å². The molecule has 1 saturated heterocycles. The van der Waals surface area contributed by atoms with Crippen LogP contribution in [0.2, 0.25) is 0 Å². The number of hydrogen-bond donors (Lipinski definition) is 0. The SMILES string of the molecule is C=C/C=C\C(=C/C)CC1(C(=O)OCC)CCN(C(=O)OC(C)(C)C)CC1. The highest BCUT2D eigenvalue weighted by Gasteiger charge is 2.44. The lowest BCUT2D eigenvalue weighted by molar-refractivity contribution is -0.158. The molecule has 0 unspecified atom stereocenters. The Labute approximate surface area is 157 Å². The molecule has 0 spiro atoms. The Morgan fingerprint density at radius 1 is 1.23 bits per heavy atom. The van der Waals surface area contributed by atoms with Gasteiger partial charge in [0.1, 0.15) is 5.60 Å². The Bertz CT molecular complexity index is 561. The molecule has 0 radical (unpaired) electrons. The van der Waals surface area contributed by atoms with Gasteiger partial charge in [-0.2, -0.15) is 0 Å². The quantitative estimate of drug-likeness (QED) is 0.509. The second-order valence-corrected chi connectivity index (χ2v) is 7.60. The third kappa shape index (κ3) is 6.36. The van der Waals surface area contributed by atoms with Crippen LogP contribution in [0.15, 0.2) is 36.5 Å². The van der Waals surface area contributed by atoms with Crippen LogP contribution >= 0.6 is 0 Å². The minimum atomic E-state index is -0.609. The van der Waals surface area contributed by atoms with Gasteiger partial charge in [-0.3, -0.25) is 4.79 Å². The molecule has 0 aromatic rings. The first-order valence-electron chi connectivity index (χ1n) is 9.27. The molecule has 1 amide bonds. The lowest BCUT2D eigenvalue weighted by atomic mass is 9.73. The maximum atomic E-state index is 12.7. The first kappa shape index (κ1) is 22.0. The van der Waals surface area contributed by atoms with E-state index in [4.69, 9.17) is 9.47 Å². The number of carbonyl (C=O) groups is 2. The zero-order valence-corrected chi connectivity index (χ0v) is 16.8. The average molecular weight is 363 g/mol. The van der Waals surface area contributed by atoms with Crippen molar-refractivity contribution in [2.45, 2.75) is 59.5 Å². The van der Waals surface area contributed by atoms with Gasteiger partial charge in [-0.05, 0) is 53.9 Å². The highest BCUT2D eigenvalue weighted by atomic mass is 16.6. The number of ether oxygens (including phenoxy) is 2. The standard InChI is InChI=1S/C21H33NO4/c1-7-10-11-17(8-2)16-21(18(23)25-9-3)12-14-22(15-13-21)19(24)26-20(4,5)6/h7-8,10-11H,1,9,12-16H2,2-6H3/b11-10-,17-8+. The highest BCUT2D eigenvalue weighted by Crippen LogP contribution is 2.39. The molecular weight excluding hydrogens is 330 g/mol. The predicted molar refractivity (Wildman–Crippen MR) is 104 cm³/mol. The van der Waals surface area contributed by atoms with Crippen molar-refractivity contribution in [2.75, 3.05) is 19.7 Å². The molecule has 146 valence electrons. The van der Waals surface area contributed by atoms with E-state index in [0.717, 1.165) is 5.57 Å². The summed E-state index contributed by atoms with van der Waals surface area (Å²) in [6, 6.07) is 0. The van der Waals surface area contributed by atoms with E-state index in [1.807, 2.05) is 52.8 Å². The summed E-state index contributed by atoms with van der Waals surface area (Å²) in [4.78, 5) is 26.7. The molecule has 0 saturated carbocycles. The molecule has 0 aromatic carbocycles. The second-order valence-electron chi connectivity index (χ2n) is 7.60. The van der Waals surface area contributed by atoms with Crippen LogP contribution in [0.4, 0.5) is 4.79 Å². The summed E-state index contributed by atoms with van der Waals surface area (Å²) < 4.78 is 10.8. The van der Waals surface area contributed by atoms with Crippen LogP contribution in [0.25, 0.3) is 0 Å². The minimum Gasteiger partial charge on any atom is -0.466 e. The van der Waals surface area contributed by atoms with Gasteiger partial charge >= 0.3 is 12.1 Å². The molecule has 5 heteroatoms. The number of esters is 1. The molecule has 0 N–H and O–H groups in total. The molecule has 26 heavy (non-hydrogen) atoms. The summed E-state index contributed by atoms with van der Waals surface area (Å²) >= 11 is 0. The Morgan fingerprint density at radius 3 is 2.31 bits per heavy atom. The van der Waals surface area contributed by atoms with E-state index in [2.05, 4.69) is 6.58 Å². The molecular formula is C21H33NO4. The summed E-state index contributed by atoms with van der Waals surface area (Å²) in [6.45, 7) is 14.3. The monoisotopic (exact) mass is 363 g/mol. The summed E-state index contributed by atoms with van der Waals surface area (Å²) in [7, 11) is 0. The Morgan fingerprint density at radius 2 is 1.85 bits per heavy atom. The van der Waals surface area contributed by atoms with Crippen molar-refractivity contribution in [1.29, 1.82) is 0 Å². The zero-order valence-electron chi connectivity index (χ0n) is 16.8. The average Bonchev–Trinajstić information content (AvgIpc) is 2.57. The fraction of sp³-hybridized carbons (Fsp3) is 0.619. The maximum Gasteiger partial charge on any atom is 0.410 e. The van der Waals surface area contributed by atoms with Crippen molar-refractivity contribution >= 4 is 12.1 Å². The summed E-state index contributed by atoms with van der Waals surface area (Å²) in [5.41, 5.74) is -0.0777. The van der Waals surface area contributed by atoms with E-state index in [1.165, 1.54) is 0 Å². The van der Waals surface area contributed by atoms with Crippen molar-refractivity contribution in [2.24, 2.45) is 5.41 Å².